The summed E-state index contributed by atoms with van der Waals surface area (Å²) >= 11 is 0. The van der Waals surface area contributed by atoms with Crippen LogP contribution in [0.3, 0.4) is 0 Å². The molecule has 0 spiro atoms. The molecule has 18 rings (SSSR count). The number of anilines is 6. The molecule has 0 radical (unpaired) electrons. The van der Waals surface area contributed by atoms with E-state index in [0.29, 0.717) is 44.9 Å². The van der Waals surface area contributed by atoms with Gasteiger partial charge in [-0.1, -0.05) is 265 Å². The number of para-hydroxylation sites is 4. The molecular weight excluding hydrogens is 1210 g/mol. The first-order valence-corrected chi connectivity index (χ1v) is 34.5. The van der Waals surface area contributed by atoms with Crippen LogP contribution in [0.2, 0.25) is 0 Å². The fourth-order valence-corrected chi connectivity index (χ4v) is 15.6. The number of aromatic nitrogens is 2. The van der Waals surface area contributed by atoms with Crippen LogP contribution in [0.15, 0.2) is 277 Å². The maximum absolute atomic E-state index is 9.80. The number of nitrogens with zero attached hydrogens (tertiary/aromatic N) is 4. The molecule has 100 heavy (non-hydrogen) atoms. The summed E-state index contributed by atoms with van der Waals surface area (Å²) in [6.45, 7) is 26.0. The van der Waals surface area contributed by atoms with E-state index in [4.69, 9.17) is 11.3 Å². The molecule has 3 aromatic heterocycles. The van der Waals surface area contributed by atoms with Gasteiger partial charge in [-0.05, 0) is 174 Å². The Labute approximate surface area is 605 Å². The molecule has 0 atom stereocenters. The molecule has 0 fully saturated rings. The van der Waals surface area contributed by atoms with Gasteiger partial charge in [0.1, 0.15) is 0 Å². The molecule has 6 heteroatoms. The van der Waals surface area contributed by atoms with Crippen molar-refractivity contribution in [1.82, 2.24) is 9.13 Å². The predicted molar refractivity (Wildman–Crippen MR) is 428 cm³/mol. The van der Waals surface area contributed by atoms with E-state index in [9.17, 15) is 11.0 Å². The summed E-state index contributed by atoms with van der Waals surface area (Å²) in [7, 11) is 0. The Morgan fingerprint density at radius 3 is 1.38 bits per heavy atom. The van der Waals surface area contributed by atoms with Crippen LogP contribution >= 0.6 is 0 Å². The lowest BCUT2D eigenvalue weighted by Gasteiger charge is -2.46. The first kappa shape index (κ1) is 48.6. The fraction of sp³-hybridized carbons (Fsp3) is 0.170. The maximum atomic E-state index is 9.80. The van der Waals surface area contributed by atoms with Gasteiger partial charge in [-0.2, -0.15) is 0 Å². The Balaban J connectivity index is 1.00. The highest BCUT2D eigenvalue weighted by atomic mass is 16.3. The van der Waals surface area contributed by atoms with E-state index in [-0.39, 0.29) is 55.7 Å². The van der Waals surface area contributed by atoms with Gasteiger partial charge < -0.3 is 23.4 Å². The smallest absolute Gasteiger partial charge is 0.252 e. The van der Waals surface area contributed by atoms with Crippen LogP contribution < -0.4 is 26.2 Å². The van der Waals surface area contributed by atoms with Gasteiger partial charge in [-0.3, -0.25) is 0 Å². The predicted octanol–water partition coefficient (Wildman–Crippen LogP) is 24.1. The quantitative estimate of drug-likeness (QED) is 0.149. The molecule has 0 bridgehead atoms. The van der Waals surface area contributed by atoms with Crippen LogP contribution in [-0.2, 0) is 21.7 Å². The fourth-order valence-electron chi connectivity index (χ4n) is 15.6. The summed E-state index contributed by atoms with van der Waals surface area (Å²) in [5, 5.41) is 3.93. The molecular formula is C94H81BN4O. The highest BCUT2D eigenvalue weighted by Gasteiger charge is 2.46. The monoisotopic (exact) mass is 1310 g/mol. The minimum absolute atomic E-state index is 0.0214. The van der Waals surface area contributed by atoms with Gasteiger partial charge >= 0.3 is 0 Å². The average Bonchev–Trinajstić information content (AvgIpc) is 1.47. The largest absolute Gasteiger partial charge is 0.452 e. The van der Waals surface area contributed by atoms with Crippen molar-refractivity contribution < 1.29 is 22.2 Å². The van der Waals surface area contributed by atoms with E-state index >= 15 is 0 Å². The topological polar surface area (TPSA) is 29.5 Å². The Bertz CT molecular complexity index is 6610. The van der Waals surface area contributed by atoms with Crippen LogP contribution in [0.1, 0.15) is 123 Å². The SMILES string of the molecule is [2H]c1c([2H])c([2H])c(-c2ccc3c(c2)B2c4ccc(-n5c6c([2H])c([2H])c([2H])c([2H])c6c6c([2H])c([2H])c([2H])c([2H])c65)cc4N(c4c(-c5ccccc5)cc(C(C)(C)C)cc4-c4ccccc4)c4cc(C(C)(C)C)cc(c42)N3c2cccc3c2oc2c(-n4c5ccc(C(C)(C)C)cc5c5cc(C(C)(C)C)ccc54)cccc23)c([2H])c1[2H]. The number of furan rings is 1. The Hall–Kier alpha value is -11.1. The van der Waals surface area contributed by atoms with Crippen LogP contribution in [-0.4, -0.2) is 15.8 Å². The van der Waals surface area contributed by atoms with Crippen molar-refractivity contribution in [2.24, 2.45) is 0 Å². The molecule has 2 aliphatic rings. The second kappa shape index (κ2) is 22.2. The molecule has 0 saturated heterocycles. The molecule has 0 aliphatic carbocycles. The summed E-state index contributed by atoms with van der Waals surface area (Å²) in [6.07, 6.45) is 0. The highest BCUT2D eigenvalue weighted by Crippen LogP contribution is 2.54. The van der Waals surface area contributed by atoms with E-state index < -0.39 is 78.6 Å². The van der Waals surface area contributed by atoms with Crippen LogP contribution in [0.25, 0.3) is 110 Å². The zero-order chi connectivity index (χ0) is 79.8. The molecule has 0 N–H and O–H groups in total. The maximum Gasteiger partial charge on any atom is 0.252 e. The lowest BCUT2D eigenvalue weighted by atomic mass is 9.33. The summed E-state index contributed by atoms with van der Waals surface area (Å²) in [5.41, 5.74) is 18.4. The Morgan fingerprint density at radius 1 is 0.310 bits per heavy atom. The summed E-state index contributed by atoms with van der Waals surface area (Å²) in [4.78, 5) is 4.61. The van der Waals surface area contributed by atoms with Gasteiger partial charge in [0.05, 0.1) is 56.9 Å². The minimum atomic E-state index is -0.749. The molecule has 0 unspecified atom stereocenters. The third-order valence-corrected chi connectivity index (χ3v) is 20.8. The van der Waals surface area contributed by atoms with Gasteiger partial charge in [0.15, 0.2) is 11.2 Å². The molecule has 0 saturated carbocycles. The average molecular weight is 1310 g/mol. The van der Waals surface area contributed by atoms with E-state index in [1.54, 1.807) is 4.57 Å². The minimum Gasteiger partial charge on any atom is -0.452 e. The second-order valence-corrected chi connectivity index (χ2v) is 31.2. The molecule has 486 valence electrons. The summed E-state index contributed by atoms with van der Waals surface area (Å²) in [6, 6.07) is 61.6. The number of hydrogen-bond donors (Lipinski definition) is 0. The van der Waals surface area contributed by atoms with E-state index in [1.165, 1.54) is 11.1 Å². The number of benzene rings is 13. The third-order valence-electron chi connectivity index (χ3n) is 20.8. The van der Waals surface area contributed by atoms with Crippen molar-refractivity contribution in [2.75, 3.05) is 9.80 Å². The standard InChI is InChI=1S/C94H81BN4O/c1-91(2,3)62-43-48-79-73(51-62)74-52-63(92(4,5)6)44-49-80(74)97(79)82-40-26-36-69-70-37-27-41-83(90(70)100-89(69)82)98-81-47-42-61(58-28-16-13-17-29-58)50-76(81)95-75-46-45-66(96-77-38-24-22-34-67(77)68-35-23-25-39-78(68)96)57-84(75)99(86-56-65(94(10,11)12)55-85(98)87(86)95)88-71(59-30-18-14-19-31-59)53-64(93(7,8)9)54-72(88)60-32-20-15-21-33-60/h13-57H,1-12H3/i13D,16D,17D,22D,23D,24D,25D,28D,29D,34D,35D,38D,39D. The third kappa shape index (κ3) is 9.57. The molecule has 16 aromatic rings. The second-order valence-electron chi connectivity index (χ2n) is 31.2. The molecule has 0 amide bonds. The van der Waals surface area contributed by atoms with Crippen LogP contribution in [0, 0.1) is 0 Å². The van der Waals surface area contributed by atoms with Gasteiger partial charge in [0, 0.05) is 71.9 Å². The first-order valence-electron chi connectivity index (χ1n) is 41.0. The highest BCUT2D eigenvalue weighted by molar-refractivity contribution is 7.00. The van der Waals surface area contributed by atoms with Gasteiger partial charge in [0.25, 0.3) is 6.71 Å². The summed E-state index contributed by atoms with van der Waals surface area (Å²) in [5.74, 6) is 0. The number of hydrogen-bond acceptors (Lipinski definition) is 3. The molecule has 2 aliphatic heterocycles. The lowest BCUT2D eigenvalue weighted by molar-refractivity contribution is 0.590. The van der Waals surface area contributed by atoms with Crippen molar-refractivity contribution in [1.29, 1.82) is 0 Å². The van der Waals surface area contributed by atoms with E-state index in [0.717, 1.165) is 99.6 Å². The Kier molecular flexibility index (Phi) is 10.8. The van der Waals surface area contributed by atoms with Gasteiger partial charge in [0.2, 0.25) is 0 Å². The van der Waals surface area contributed by atoms with Crippen molar-refractivity contribution >= 4 is 123 Å². The van der Waals surface area contributed by atoms with Crippen molar-refractivity contribution in [3.05, 3.63) is 295 Å². The van der Waals surface area contributed by atoms with E-state index in [1.807, 2.05) is 72.8 Å². The van der Waals surface area contributed by atoms with Crippen LogP contribution in [0.5, 0.6) is 0 Å². The van der Waals surface area contributed by atoms with Crippen molar-refractivity contribution in [3.63, 3.8) is 0 Å². The summed E-state index contributed by atoms with van der Waals surface area (Å²) < 4.78 is 133. The molecule has 5 nitrogen and oxygen atoms in total. The normalized spacial score (nSPS) is 15.2. The zero-order valence-electron chi connectivity index (χ0n) is 71.2. The molecule has 5 heterocycles. The first-order chi connectivity index (χ1) is 53.5. The van der Waals surface area contributed by atoms with Crippen molar-refractivity contribution in [3.8, 4) is 44.8 Å². The van der Waals surface area contributed by atoms with Crippen LogP contribution in [0.4, 0.5) is 34.1 Å². The number of fused-ring (bicyclic) bond motifs is 13. The van der Waals surface area contributed by atoms with Gasteiger partial charge in [-0.25, -0.2) is 0 Å². The Morgan fingerprint density at radius 2 is 0.820 bits per heavy atom. The van der Waals surface area contributed by atoms with E-state index in [2.05, 4.69) is 219 Å². The zero-order valence-corrected chi connectivity index (χ0v) is 58.2. The lowest BCUT2D eigenvalue weighted by Crippen LogP contribution is -2.61. The number of rotatable bonds is 7. The van der Waals surface area contributed by atoms with Gasteiger partial charge in [-0.15, -0.1) is 0 Å². The molecule has 13 aromatic carbocycles. The van der Waals surface area contributed by atoms with Crippen molar-refractivity contribution in [2.45, 2.75) is 105 Å².